The molecule has 90 valence electrons. The fraction of sp³-hybridized carbons (Fsp3) is 0.222. The van der Waals surface area contributed by atoms with Gasteiger partial charge < -0.3 is 9.47 Å². The summed E-state index contributed by atoms with van der Waals surface area (Å²) >= 11 is -2.61. The summed E-state index contributed by atoms with van der Waals surface area (Å²) in [5, 5.41) is 0. The van der Waals surface area contributed by atoms with E-state index in [9.17, 15) is 4.79 Å². The Morgan fingerprint density at radius 1 is 1.25 bits per heavy atom. The fourth-order valence-corrected chi connectivity index (χ4v) is 0.932. The SMILES string of the molecule is COc1ccc(OC)c(C=O)c1.O=S(O)O. The predicted molar refractivity (Wildman–Crippen MR) is 58.3 cm³/mol. The van der Waals surface area contributed by atoms with Crippen molar-refractivity contribution in [2.45, 2.75) is 0 Å². The van der Waals surface area contributed by atoms with E-state index in [4.69, 9.17) is 22.8 Å². The molecule has 0 radical (unpaired) electrons. The van der Waals surface area contributed by atoms with E-state index >= 15 is 0 Å². The third kappa shape index (κ3) is 5.44. The van der Waals surface area contributed by atoms with Gasteiger partial charge in [0, 0.05) is 0 Å². The molecular formula is C9H12O6S. The van der Waals surface area contributed by atoms with Crippen LogP contribution in [0.15, 0.2) is 18.2 Å². The molecule has 0 saturated carbocycles. The minimum atomic E-state index is -2.61. The maximum atomic E-state index is 10.5. The van der Waals surface area contributed by atoms with Gasteiger partial charge in [-0.25, -0.2) is 0 Å². The van der Waals surface area contributed by atoms with E-state index in [1.165, 1.54) is 7.11 Å². The maximum absolute atomic E-state index is 10.5. The minimum absolute atomic E-state index is 0.497. The Bertz CT molecular complexity index is 361. The van der Waals surface area contributed by atoms with Gasteiger partial charge in [0.2, 0.25) is 0 Å². The normalized spacial score (nSPS) is 9.06. The van der Waals surface area contributed by atoms with Gasteiger partial charge in [-0.05, 0) is 18.2 Å². The smallest absolute Gasteiger partial charge is 0.299 e. The molecule has 0 aromatic heterocycles. The summed E-state index contributed by atoms with van der Waals surface area (Å²) in [6, 6.07) is 5.07. The maximum Gasteiger partial charge on any atom is 0.299 e. The van der Waals surface area contributed by atoms with Gasteiger partial charge in [0.05, 0.1) is 19.8 Å². The first-order valence-corrected chi connectivity index (χ1v) is 5.08. The van der Waals surface area contributed by atoms with Gasteiger partial charge >= 0.3 is 0 Å². The number of carbonyl (C=O) groups excluding carboxylic acids is 1. The van der Waals surface area contributed by atoms with E-state index in [1.807, 2.05) is 0 Å². The Kier molecular flexibility index (Phi) is 7.10. The van der Waals surface area contributed by atoms with Crippen LogP contribution in [-0.2, 0) is 11.4 Å². The molecule has 0 aliphatic carbocycles. The zero-order valence-electron chi connectivity index (χ0n) is 8.75. The Labute approximate surface area is 95.3 Å². The topological polar surface area (TPSA) is 93.1 Å². The van der Waals surface area contributed by atoms with Crippen LogP contribution in [0.1, 0.15) is 10.4 Å². The summed E-state index contributed by atoms with van der Waals surface area (Å²) in [4.78, 5) is 10.5. The van der Waals surface area contributed by atoms with Crippen LogP contribution in [0, 0.1) is 0 Å². The molecule has 0 bridgehead atoms. The van der Waals surface area contributed by atoms with E-state index in [0.717, 1.165) is 6.29 Å². The van der Waals surface area contributed by atoms with Gasteiger partial charge in [-0.2, -0.15) is 4.21 Å². The number of benzene rings is 1. The Morgan fingerprint density at radius 2 is 1.81 bits per heavy atom. The highest BCUT2D eigenvalue weighted by Gasteiger charge is 2.02. The zero-order chi connectivity index (χ0) is 12.6. The second kappa shape index (κ2) is 7.80. The minimum Gasteiger partial charge on any atom is -0.497 e. The van der Waals surface area contributed by atoms with Crippen LogP contribution in [0.25, 0.3) is 0 Å². The lowest BCUT2D eigenvalue weighted by molar-refractivity contribution is 0.112. The molecule has 0 atom stereocenters. The summed E-state index contributed by atoms with van der Waals surface area (Å²) in [6.07, 6.45) is 0.737. The number of hydrogen-bond acceptors (Lipinski definition) is 4. The molecule has 2 N–H and O–H groups in total. The molecule has 0 aliphatic rings. The highest BCUT2D eigenvalue weighted by atomic mass is 32.2. The van der Waals surface area contributed by atoms with Crippen molar-refractivity contribution in [1.29, 1.82) is 0 Å². The van der Waals surface area contributed by atoms with E-state index < -0.39 is 11.4 Å². The molecule has 0 unspecified atom stereocenters. The third-order valence-electron chi connectivity index (χ3n) is 1.56. The van der Waals surface area contributed by atoms with Crippen molar-refractivity contribution in [1.82, 2.24) is 0 Å². The molecule has 0 aliphatic heterocycles. The molecule has 1 aromatic carbocycles. The largest absolute Gasteiger partial charge is 0.497 e. The first-order chi connectivity index (χ1) is 7.54. The molecule has 1 rings (SSSR count). The van der Waals surface area contributed by atoms with Crippen molar-refractivity contribution in [3.05, 3.63) is 23.8 Å². The van der Waals surface area contributed by atoms with Crippen LogP contribution in [0.3, 0.4) is 0 Å². The van der Waals surface area contributed by atoms with Gasteiger partial charge in [0.1, 0.15) is 11.5 Å². The van der Waals surface area contributed by atoms with Crippen molar-refractivity contribution in [2.24, 2.45) is 0 Å². The summed E-state index contributed by atoms with van der Waals surface area (Å²) in [7, 11) is 3.07. The van der Waals surface area contributed by atoms with Gasteiger partial charge in [0.25, 0.3) is 11.4 Å². The lowest BCUT2D eigenvalue weighted by atomic mass is 10.2. The second-order valence-electron chi connectivity index (χ2n) is 2.46. The Hall–Kier alpha value is -1.44. The van der Waals surface area contributed by atoms with Crippen LogP contribution in [0.5, 0.6) is 11.5 Å². The van der Waals surface area contributed by atoms with Crippen molar-refractivity contribution in [3.8, 4) is 11.5 Å². The molecule has 0 amide bonds. The standard InChI is InChI=1S/C9H10O3.H2O3S/c1-11-8-3-4-9(12-2)7(5-8)6-10;1-4(2)3/h3-6H,1-2H3;(H2,1,2,3). The lowest BCUT2D eigenvalue weighted by Crippen LogP contribution is -1.91. The van der Waals surface area contributed by atoms with Crippen LogP contribution in [0.4, 0.5) is 0 Å². The highest BCUT2D eigenvalue weighted by Crippen LogP contribution is 2.21. The number of rotatable bonds is 3. The summed E-state index contributed by atoms with van der Waals surface area (Å²) < 4.78 is 32.7. The number of aldehydes is 1. The number of carbonyl (C=O) groups is 1. The number of methoxy groups -OCH3 is 2. The van der Waals surface area contributed by atoms with E-state index in [1.54, 1.807) is 25.3 Å². The van der Waals surface area contributed by atoms with Gasteiger partial charge in [0.15, 0.2) is 6.29 Å². The quantitative estimate of drug-likeness (QED) is 0.616. The van der Waals surface area contributed by atoms with Crippen molar-refractivity contribution in [2.75, 3.05) is 14.2 Å². The van der Waals surface area contributed by atoms with E-state index in [0.29, 0.717) is 17.1 Å². The molecule has 16 heavy (non-hydrogen) atoms. The molecule has 6 nitrogen and oxygen atoms in total. The van der Waals surface area contributed by atoms with Crippen LogP contribution < -0.4 is 9.47 Å². The summed E-state index contributed by atoms with van der Waals surface area (Å²) in [5.74, 6) is 1.21. The van der Waals surface area contributed by atoms with Crippen LogP contribution in [0.2, 0.25) is 0 Å². The third-order valence-corrected chi connectivity index (χ3v) is 1.56. The molecule has 7 heteroatoms. The molecule has 0 heterocycles. The average Bonchev–Trinajstić information content (AvgIpc) is 2.27. The summed E-state index contributed by atoms with van der Waals surface area (Å²) in [5.41, 5.74) is 0.497. The average molecular weight is 248 g/mol. The van der Waals surface area contributed by atoms with Gasteiger partial charge in [-0.3, -0.25) is 13.9 Å². The second-order valence-corrected chi connectivity index (χ2v) is 2.92. The van der Waals surface area contributed by atoms with Crippen molar-refractivity contribution in [3.63, 3.8) is 0 Å². The van der Waals surface area contributed by atoms with Crippen molar-refractivity contribution >= 4 is 17.6 Å². The molecule has 0 fully saturated rings. The Morgan fingerprint density at radius 3 is 2.19 bits per heavy atom. The number of ether oxygens (including phenoxy) is 2. The molecule has 0 saturated heterocycles. The van der Waals surface area contributed by atoms with Gasteiger partial charge in [-0.15, -0.1) is 0 Å². The van der Waals surface area contributed by atoms with Crippen molar-refractivity contribution < 1.29 is 27.6 Å². The van der Waals surface area contributed by atoms with E-state index in [2.05, 4.69) is 0 Å². The molecule has 1 aromatic rings. The monoisotopic (exact) mass is 248 g/mol. The van der Waals surface area contributed by atoms with E-state index in [-0.39, 0.29) is 0 Å². The first kappa shape index (κ1) is 14.6. The van der Waals surface area contributed by atoms with Crippen LogP contribution >= 0.6 is 0 Å². The number of hydrogen-bond donors (Lipinski definition) is 2. The van der Waals surface area contributed by atoms with Gasteiger partial charge in [-0.1, -0.05) is 0 Å². The van der Waals surface area contributed by atoms with Crippen LogP contribution in [-0.4, -0.2) is 33.8 Å². The zero-order valence-corrected chi connectivity index (χ0v) is 9.56. The highest BCUT2D eigenvalue weighted by molar-refractivity contribution is 7.73. The molecule has 0 spiro atoms. The predicted octanol–water partition coefficient (Wildman–Crippen LogP) is 1.20. The first-order valence-electron chi connectivity index (χ1n) is 4.02. The summed E-state index contributed by atoms with van der Waals surface area (Å²) in [6.45, 7) is 0. The fourth-order valence-electron chi connectivity index (χ4n) is 0.932. The molecular weight excluding hydrogens is 236 g/mol. The Balaban J connectivity index is 0.000000487. The lowest BCUT2D eigenvalue weighted by Gasteiger charge is -2.04.